The van der Waals surface area contributed by atoms with Crippen LogP contribution in [0.5, 0.6) is 11.5 Å². The number of fused-ring (bicyclic) bond motifs is 1. The van der Waals surface area contributed by atoms with Crippen molar-refractivity contribution in [2.24, 2.45) is 0 Å². The van der Waals surface area contributed by atoms with Crippen molar-refractivity contribution in [3.63, 3.8) is 0 Å². The van der Waals surface area contributed by atoms with E-state index in [0.717, 1.165) is 52.6 Å². The molecule has 27 heavy (non-hydrogen) atoms. The monoisotopic (exact) mass is 361 g/mol. The fraction of sp³-hybridized carbons (Fsp3) is 0.238. The molecule has 0 radical (unpaired) electrons. The highest BCUT2D eigenvalue weighted by Gasteiger charge is 2.07. The molecular formula is C21H23N5O. The highest BCUT2D eigenvalue weighted by Crippen LogP contribution is 2.27. The van der Waals surface area contributed by atoms with Crippen molar-refractivity contribution in [2.75, 3.05) is 0 Å². The molecule has 0 aliphatic heterocycles. The van der Waals surface area contributed by atoms with Gasteiger partial charge in [0, 0.05) is 18.3 Å². The van der Waals surface area contributed by atoms with Gasteiger partial charge in [-0.3, -0.25) is 5.10 Å². The van der Waals surface area contributed by atoms with Gasteiger partial charge in [-0.2, -0.15) is 5.10 Å². The van der Waals surface area contributed by atoms with Gasteiger partial charge in [-0.25, -0.2) is 4.98 Å². The lowest BCUT2D eigenvalue weighted by molar-refractivity contribution is 0.483. The molecule has 1 atom stereocenters. The summed E-state index contributed by atoms with van der Waals surface area (Å²) in [6.45, 7) is 5.07. The quantitative estimate of drug-likeness (QED) is 0.448. The largest absolute Gasteiger partial charge is 0.457 e. The Bertz CT molecular complexity index is 1000. The molecule has 0 bridgehead atoms. The third-order valence-electron chi connectivity index (χ3n) is 4.63. The van der Waals surface area contributed by atoms with Crippen LogP contribution in [-0.2, 0) is 6.54 Å². The van der Waals surface area contributed by atoms with Gasteiger partial charge in [0.05, 0.1) is 23.3 Å². The van der Waals surface area contributed by atoms with Gasteiger partial charge in [-0.15, -0.1) is 0 Å². The standard InChI is InChI=1S/C21H23N5O/c1-3-14(2)22-13-21-24-19-9-8-17(12-20(19)25-21)27-16-6-4-15(5-7-16)18-10-11-23-26-18/h4-12,14,22H,3,13H2,1-2H3,(H,23,26)(H,24,25)/t14-/m1/s1. The Hall–Kier alpha value is -3.12. The van der Waals surface area contributed by atoms with E-state index in [1.807, 2.05) is 48.5 Å². The summed E-state index contributed by atoms with van der Waals surface area (Å²) in [6, 6.07) is 16.2. The second-order valence-electron chi connectivity index (χ2n) is 6.65. The summed E-state index contributed by atoms with van der Waals surface area (Å²) in [5, 5.41) is 10.4. The first-order chi connectivity index (χ1) is 13.2. The van der Waals surface area contributed by atoms with Gasteiger partial charge in [-0.1, -0.05) is 6.92 Å². The van der Waals surface area contributed by atoms with Crippen LogP contribution in [0.15, 0.2) is 54.7 Å². The molecule has 0 aliphatic rings. The molecule has 2 aromatic heterocycles. The van der Waals surface area contributed by atoms with Gasteiger partial charge in [0.15, 0.2) is 0 Å². The lowest BCUT2D eigenvalue weighted by Crippen LogP contribution is -2.24. The van der Waals surface area contributed by atoms with E-state index < -0.39 is 0 Å². The summed E-state index contributed by atoms with van der Waals surface area (Å²) in [5.41, 5.74) is 3.97. The number of aromatic nitrogens is 4. The number of H-pyrrole nitrogens is 2. The fourth-order valence-electron chi connectivity index (χ4n) is 2.86. The number of aromatic amines is 2. The first kappa shape index (κ1) is 17.3. The third kappa shape index (κ3) is 4.01. The minimum absolute atomic E-state index is 0.474. The van der Waals surface area contributed by atoms with Crippen LogP contribution in [0.4, 0.5) is 0 Å². The zero-order valence-electron chi connectivity index (χ0n) is 15.5. The van der Waals surface area contributed by atoms with Crippen molar-refractivity contribution >= 4 is 11.0 Å². The van der Waals surface area contributed by atoms with E-state index in [0.29, 0.717) is 6.04 Å². The van der Waals surface area contributed by atoms with Gasteiger partial charge >= 0.3 is 0 Å². The van der Waals surface area contributed by atoms with Gasteiger partial charge in [0.2, 0.25) is 0 Å². The molecule has 6 heteroatoms. The van der Waals surface area contributed by atoms with Crippen molar-refractivity contribution in [2.45, 2.75) is 32.9 Å². The first-order valence-electron chi connectivity index (χ1n) is 9.21. The number of hydrogen-bond acceptors (Lipinski definition) is 4. The molecule has 3 N–H and O–H groups in total. The Labute approximate surface area is 158 Å². The number of benzene rings is 2. The lowest BCUT2D eigenvalue weighted by atomic mass is 10.1. The first-order valence-corrected chi connectivity index (χ1v) is 9.21. The minimum atomic E-state index is 0.474. The fourth-order valence-corrected chi connectivity index (χ4v) is 2.86. The number of rotatable bonds is 7. The van der Waals surface area contributed by atoms with E-state index in [2.05, 4.69) is 39.3 Å². The molecule has 138 valence electrons. The van der Waals surface area contributed by atoms with E-state index in [-0.39, 0.29) is 0 Å². The Morgan fingerprint density at radius 3 is 2.63 bits per heavy atom. The molecule has 0 unspecified atom stereocenters. The Balaban J connectivity index is 1.47. The van der Waals surface area contributed by atoms with E-state index in [4.69, 9.17) is 4.74 Å². The summed E-state index contributed by atoms with van der Waals surface area (Å²) < 4.78 is 5.99. The predicted octanol–water partition coefficient (Wildman–Crippen LogP) is 4.63. The predicted molar refractivity (Wildman–Crippen MR) is 107 cm³/mol. The molecule has 4 rings (SSSR count). The molecule has 0 fully saturated rings. The molecule has 4 aromatic rings. The molecule has 0 saturated carbocycles. The average molecular weight is 361 g/mol. The average Bonchev–Trinajstić information content (AvgIpc) is 3.36. The van der Waals surface area contributed by atoms with Crippen LogP contribution in [0.3, 0.4) is 0 Å². The van der Waals surface area contributed by atoms with Crippen LogP contribution in [0.1, 0.15) is 26.1 Å². The normalized spacial score (nSPS) is 12.4. The van der Waals surface area contributed by atoms with Crippen molar-refractivity contribution in [1.29, 1.82) is 0 Å². The number of ether oxygens (including phenoxy) is 1. The minimum Gasteiger partial charge on any atom is -0.457 e. The second-order valence-corrected chi connectivity index (χ2v) is 6.65. The number of hydrogen-bond donors (Lipinski definition) is 3. The lowest BCUT2D eigenvalue weighted by Gasteiger charge is -2.08. The maximum atomic E-state index is 5.99. The number of imidazole rings is 1. The Kier molecular flexibility index (Phi) is 4.89. The van der Waals surface area contributed by atoms with Crippen LogP contribution >= 0.6 is 0 Å². The van der Waals surface area contributed by atoms with E-state index in [1.165, 1.54) is 0 Å². The van der Waals surface area contributed by atoms with E-state index >= 15 is 0 Å². The highest BCUT2D eigenvalue weighted by molar-refractivity contribution is 5.77. The molecule has 6 nitrogen and oxygen atoms in total. The van der Waals surface area contributed by atoms with Crippen LogP contribution in [0.2, 0.25) is 0 Å². The Morgan fingerprint density at radius 1 is 1.07 bits per heavy atom. The molecule has 2 heterocycles. The Morgan fingerprint density at radius 2 is 1.89 bits per heavy atom. The smallest absolute Gasteiger partial charge is 0.129 e. The van der Waals surface area contributed by atoms with Crippen molar-refractivity contribution in [1.82, 2.24) is 25.5 Å². The van der Waals surface area contributed by atoms with Crippen molar-refractivity contribution < 1.29 is 4.74 Å². The van der Waals surface area contributed by atoms with Crippen LogP contribution < -0.4 is 10.1 Å². The number of nitrogens with zero attached hydrogens (tertiary/aromatic N) is 2. The molecule has 0 amide bonds. The van der Waals surface area contributed by atoms with Gasteiger partial charge in [-0.05, 0) is 61.4 Å². The van der Waals surface area contributed by atoms with Crippen LogP contribution in [0.25, 0.3) is 22.3 Å². The van der Waals surface area contributed by atoms with Crippen LogP contribution in [0, 0.1) is 0 Å². The zero-order chi connectivity index (χ0) is 18.6. The van der Waals surface area contributed by atoms with Gasteiger partial charge in [0.1, 0.15) is 17.3 Å². The van der Waals surface area contributed by atoms with Gasteiger partial charge < -0.3 is 15.0 Å². The molecular weight excluding hydrogens is 338 g/mol. The maximum Gasteiger partial charge on any atom is 0.129 e. The summed E-state index contributed by atoms with van der Waals surface area (Å²) in [7, 11) is 0. The maximum absolute atomic E-state index is 5.99. The molecule has 0 aliphatic carbocycles. The van der Waals surface area contributed by atoms with E-state index in [1.54, 1.807) is 6.20 Å². The van der Waals surface area contributed by atoms with Gasteiger partial charge in [0.25, 0.3) is 0 Å². The summed E-state index contributed by atoms with van der Waals surface area (Å²) in [4.78, 5) is 7.99. The topological polar surface area (TPSA) is 78.6 Å². The summed E-state index contributed by atoms with van der Waals surface area (Å²) in [5.74, 6) is 2.50. The van der Waals surface area contributed by atoms with E-state index in [9.17, 15) is 0 Å². The third-order valence-corrected chi connectivity index (χ3v) is 4.63. The molecule has 0 spiro atoms. The van der Waals surface area contributed by atoms with Crippen molar-refractivity contribution in [3.05, 3.63) is 60.6 Å². The molecule has 0 saturated heterocycles. The van der Waals surface area contributed by atoms with Crippen molar-refractivity contribution in [3.8, 4) is 22.8 Å². The van der Waals surface area contributed by atoms with Crippen LogP contribution in [-0.4, -0.2) is 26.2 Å². The SMILES string of the molecule is CC[C@@H](C)NCc1nc2ccc(Oc3ccc(-c4ccn[nH]4)cc3)cc2[nH]1. The second kappa shape index (κ2) is 7.63. The zero-order valence-corrected chi connectivity index (χ0v) is 15.5. The summed E-state index contributed by atoms with van der Waals surface area (Å²) in [6.07, 6.45) is 2.84. The highest BCUT2D eigenvalue weighted by atomic mass is 16.5. The molecule has 2 aromatic carbocycles. The summed E-state index contributed by atoms with van der Waals surface area (Å²) >= 11 is 0. The number of nitrogens with one attached hydrogen (secondary N) is 3.